The van der Waals surface area contributed by atoms with E-state index in [-0.39, 0.29) is 24.3 Å². The maximum absolute atomic E-state index is 12.9. The van der Waals surface area contributed by atoms with Crippen molar-refractivity contribution >= 4 is 12.2 Å². The number of nitrogens with one attached hydrogen (secondary N) is 1. The number of hydrogen-bond acceptors (Lipinski definition) is 5. The topological polar surface area (TPSA) is 71.1 Å². The number of piperidine rings is 1. The Kier molecular flexibility index (Phi) is 22.1. The second-order valence-electron chi connectivity index (χ2n) is 11.9. The van der Waals surface area contributed by atoms with Gasteiger partial charge in [0.15, 0.2) is 0 Å². The predicted molar refractivity (Wildman–Crippen MR) is 162 cm³/mol. The highest BCUT2D eigenvalue weighted by Gasteiger charge is 2.28. The summed E-state index contributed by atoms with van der Waals surface area (Å²) in [5.74, 6) is 0. The van der Waals surface area contributed by atoms with E-state index >= 15 is 0 Å². The molecule has 1 aliphatic rings. The molecule has 0 spiro atoms. The minimum atomic E-state index is -0.375. The lowest BCUT2D eigenvalue weighted by Crippen LogP contribution is -2.45. The van der Waals surface area contributed by atoms with Gasteiger partial charge in [0.1, 0.15) is 6.10 Å². The molecule has 0 aromatic heterocycles. The fraction of sp³-hybridized carbons (Fsp3) is 0.938. The van der Waals surface area contributed by atoms with Crippen LogP contribution in [0.2, 0.25) is 0 Å². The molecule has 0 radical (unpaired) electrons. The third kappa shape index (κ3) is 20.1. The van der Waals surface area contributed by atoms with Gasteiger partial charge in [-0.15, -0.1) is 0 Å². The van der Waals surface area contributed by atoms with Crippen LogP contribution in [0.4, 0.5) is 9.59 Å². The largest absolute Gasteiger partial charge is 0.449 e. The molecule has 0 aliphatic carbocycles. The molecule has 7 nitrogen and oxygen atoms in total. The molecule has 0 bridgehead atoms. The maximum Gasteiger partial charge on any atom is 0.410 e. The van der Waals surface area contributed by atoms with E-state index in [1.54, 1.807) is 0 Å². The lowest BCUT2D eigenvalue weighted by Gasteiger charge is -2.35. The van der Waals surface area contributed by atoms with Crippen LogP contribution in [0.1, 0.15) is 142 Å². The standard InChI is InChI=1S/C32H63N3O4/c1-5-6-7-8-9-10-11-12-13-14-15-16-17-18-22-29(2)39-32(37)35-27-20-19-23-30(35)24-28-38-31(36)33-25-21-26-34(3)4/h29-30H,5-28H2,1-4H3,(H,33,36). The lowest BCUT2D eigenvalue weighted by atomic mass is 10.0. The van der Waals surface area contributed by atoms with E-state index in [0.29, 0.717) is 19.6 Å². The van der Waals surface area contributed by atoms with Crippen LogP contribution in [-0.2, 0) is 9.47 Å². The van der Waals surface area contributed by atoms with Gasteiger partial charge in [0, 0.05) is 25.6 Å². The van der Waals surface area contributed by atoms with Gasteiger partial charge in [0.2, 0.25) is 0 Å². The first-order valence-electron chi connectivity index (χ1n) is 16.5. The third-order valence-electron chi connectivity index (χ3n) is 7.86. The van der Waals surface area contributed by atoms with Crippen molar-refractivity contribution in [2.24, 2.45) is 0 Å². The second-order valence-corrected chi connectivity index (χ2v) is 11.9. The quantitative estimate of drug-likeness (QED) is 0.129. The Balaban J connectivity index is 2.08. The molecule has 0 aromatic rings. The normalized spacial score (nSPS) is 16.3. The first-order valence-corrected chi connectivity index (χ1v) is 16.5. The number of nitrogens with zero attached hydrogens (tertiary/aromatic N) is 2. The van der Waals surface area contributed by atoms with E-state index in [2.05, 4.69) is 17.1 Å². The predicted octanol–water partition coefficient (Wildman–Crippen LogP) is 8.31. The van der Waals surface area contributed by atoms with Gasteiger partial charge in [-0.1, -0.05) is 90.4 Å². The van der Waals surface area contributed by atoms with Crippen molar-refractivity contribution in [2.45, 2.75) is 154 Å². The van der Waals surface area contributed by atoms with E-state index in [4.69, 9.17) is 9.47 Å². The Morgan fingerprint density at radius 2 is 1.46 bits per heavy atom. The van der Waals surface area contributed by atoms with E-state index < -0.39 is 0 Å². The van der Waals surface area contributed by atoms with E-state index in [9.17, 15) is 9.59 Å². The number of unbranched alkanes of at least 4 members (excludes halogenated alkanes) is 13. The first-order chi connectivity index (χ1) is 18.9. The molecule has 1 heterocycles. The van der Waals surface area contributed by atoms with Crippen molar-refractivity contribution in [1.29, 1.82) is 0 Å². The van der Waals surface area contributed by atoms with E-state index in [1.807, 2.05) is 25.9 Å². The molecule has 0 saturated carbocycles. The van der Waals surface area contributed by atoms with Crippen LogP contribution in [0.5, 0.6) is 0 Å². The molecule has 7 heteroatoms. The summed E-state index contributed by atoms with van der Waals surface area (Å²) in [5, 5.41) is 2.80. The number of amides is 2. The number of alkyl carbamates (subject to hydrolysis) is 1. The third-order valence-corrected chi connectivity index (χ3v) is 7.86. The van der Waals surface area contributed by atoms with Crippen molar-refractivity contribution in [2.75, 3.05) is 40.3 Å². The summed E-state index contributed by atoms with van der Waals surface area (Å²) in [6.45, 7) is 6.88. The Hall–Kier alpha value is -1.50. The Labute approximate surface area is 241 Å². The number of carbonyl (C=O) groups is 2. The number of rotatable bonds is 23. The molecule has 39 heavy (non-hydrogen) atoms. The monoisotopic (exact) mass is 553 g/mol. The highest BCUT2D eigenvalue weighted by molar-refractivity contribution is 5.68. The summed E-state index contributed by atoms with van der Waals surface area (Å²) in [4.78, 5) is 28.7. The molecule has 0 aromatic carbocycles. The fourth-order valence-corrected chi connectivity index (χ4v) is 5.39. The van der Waals surface area contributed by atoms with Gasteiger partial charge in [-0.25, -0.2) is 9.59 Å². The van der Waals surface area contributed by atoms with Crippen LogP contribution < -0.4 is 5.32 Å². The molecule has 1 N–H and O–H groups in total. The van der Waals surface area contributed by atoms with Crippen molar-refractivity contribution in [1.82, 2.24) is 15.1 Å². The van der Waals surface area contributed by atoms with Gasteiger partial charge in [-0.05, 0) is 66.1 Å². The number of likely N-dealkylation sites (tertiary alicyclic amines) is 1. The van der Waals surface area contributed by atoms with Crippen LogP contribution in [0.25, 0.3) is 0 Å². The smallest absolute Gasteiger partial charge is 0.410 e. The Bertz CT molecular complexity index is 602. The maximum atomic E-state index is 12.9. The average Bonchev–Trinajstić information content (AvgIpc) is 2.91. The summed E-state index contributed by atoms with van der Waals surface area (Å²) in [7, 11) is 4.03. The van der Waals surface area contributed by atoms with E-state index in [0.717, 1.165) is 51.6 Å². The molecular formula is C32H63N3O4. The van der Waals surface area contributed by atoms with Gasteiger partial charge in [0.05, 0.1) is 6.61 Å². The van der Waals surface area contributed by atoms with Crippen LogP contribution >= 0.6 is 0 Å². The van der Waals surface area contributed by atoms with Crippen LogP contribution in [-0.4, -0.2) is 74.5 Å². The minimum absolute atomic E-state index is 0.0541. The summed E-state index contributed by atoms with van der Waals surface area (Å²) in [5.41, 5.74) is 0. The SMILES string of the molecule is CCCCCCCCCCCCCCCCC(C)OC(=O)N1CCCCC1CCOC(=O)NCCCN(C)C. The van der Waals surface area contributed by atoms with Gasteiger partial charge >= 0.3 is 12.2 Å². The minimum Gasteiger partial charge on any atom is -0.449 e. The summed E-state index contributed by atoms with van der Waals surface area (Å²) >= 11 is 0. The Morgan fingerprint density at radius 1 is 0.872 bits per heavy atom. The number of carbonyl (C=O) groups excluding carboxylic acids is 2. The summed E-state index contributed by atoms with van der Waals surface area (Å²) in [6.07, 6.45) is 23.8. The fourth-order valence-electron chi connectivity index (χ4n) is 5.39. The number of hydrogen-bond donors (Lipinski definition) is 1. The van der Waals surface area contributed by atoms with Gasteiger partial charge < -0.3 is 24.6 Å². The van der Waals surface area contributed by atoms with Crippen LogP contribution in [0.3, 0.4) is 0 Å². The van der Waals surface area contributed by atoms with Crippen LogP contribution in [0, 0.1) is 0 Å². The van der Waals surface area contributed by atoms with Crippen molar-refractivity contribution in [3.63, 3.8) is 0 Å². The zero-order valence-electron chi connectivity index (χ0n) is 26.2. The highest BCUT2D eigenvalue weighted by atomic mass is 16.6. The van der Waals surface area contributed by atoms with Crippen LogP contribution in [0.15, 0.2) is 0 Å². The first kappa shape index (κ1) is 35.5. The molecule has 1 fully saturated rings. The lowest BCUT2D eigenvalue weighted by molar-refractivity contribution is 0.0380. The van der Waals surface area contributed by atoms with Gasteiger partial charge in [-0.3, -0.25) is 0 Å². The van der Waals surface area contributed by atoms with Crippen molar-refractivity contribution in [3.8, 4) is 0 Å². The molecule has 2 amide bonds. The van der Waals surface area contributed by atoms with E-state index in [1.165, 1.54) is 83.5 Å². The molecule has 1 rings (SSSR count). The zero-order chi connectivity index (χ0) is 28.6. The number of ether oxygens (including phenoxy) is 2. The molecule has 230 valence electrons. The molecule has 1 aliphatic heterocycles. The molecule has 2 atom stereocenters. The average molecular weight is 554 g/mol. The van der Waals surface area contributed by atoms with Gasteiger partial charge in [0.25, 0.3) is 0 Å². The second kappa shape index (κ2) is 24.3. The van der Waals surface area contributed by atoms with Crippen molar-refractivity contribution < 1.29 is 19.1 Å². The summed E-state index contributed by atoms with van der Waals surface area (Å²) in [6, 6.07) is 0.0843. The highest BCUT2D eigenvalue weighted by Crippen LogP contribution is 2.22. The molecule has 1 saturated heterocycles. The Morgan fingerprint density at radius 3 is 2.05 bits per heavy atom. The molecular weight excluding hydrogens is 490 g/mol. The summed E-state index contributed by atoms with van der Waals surface area (Å²) < 4.78 is 11.2. The van der Waals surface area contributed by atoms with Gasteiger partial charge in [-0.2, -0.15) is 0 Å². The zero-order valence-corrected chi connectivity index (χ0v) is 26.2. The molecule has 2 unspecified atom stereocenters. The van der Waals surface area contributed by atoms with Crippen molar-refractivity contribution in [3.05, 3.63) is 0 Å².